The van der Waals surface area contributed by atoms with Gasteiger partial charge in [0.2, 0.25) is 0 Å². The minimum atomic E-state index is 0.402. The summed E-state index contributed by atoms with van der Waals surface area (Å²) in [4.78, 5) is 7.06. The third kappa shape index (κ3) is 5.99. The van der Waals surface area contributed by atoms with Gasteiger partial charge in [0.1, 0.15) is 0 Å². The molecule has 0 aliphatic carbocycles. The van der Waals surface area contributed by atoms with Gasteiger partial charge in [0.25, 0.3) is 0 Å². The molecule has 0 spiro atoms. The van der Waals surface area contributed by atoms with Crippen molar-refractivity contribution in [2.45, 2.75) is 53.0 Å². The summed E-state index contributed by atoms with van der Waals surface area (Å²) in [5.74, 6) is 1.34. The molecule has 32 heavy (non-hydrogen) atoms. The fraction of sp³-hybridized carbons (Fsp3) is 0.480. The third-order valence-electron chi connectivity index (χ3n) is 5.48. The Bertz CT molecular complexity index is 1010. The van der Waals surface area contributed by atoms with Crippen LogP contribution in [0.25, 0.3) is 5.69 Å². The van der Waals surface area contributed by atoms with Crippen molar-refractivity contribution in [3.63, 3.8) is 0 Å². The Kier molecular flexibility index (Phi) is 8.09. The van der Waals surface area contributed by atoms with Crippen LogP contribution in [0.2, 0.25) is 0 Å². The first kappa shape index (κ1) is 23.6. The van der Waals surface area contributed by atoms with Crippen molar-refractivity contribution in [2.75, 3.05) is 20.1 Å². The molecule has 3 aromatic rings. The Morgan fingerprint density at radius 3 is 2.56 bits per heavy atom. The van der Waals surface area contributed by atoms with Gasteiger partial charge in [-0.1, -0.05) is 32.0 Å². The Balaban J connectivity index is 1.60. The van der Waals surface area contributed by atoms with Crippen molar-refractivity contribution in [2.24, 2.45) is 12.0 Å². The Morgan fingerprint density at radius 1 is 1.12 bits per heavy atom. The first-order chi connectivity index (χ1) is 15.4. The van der Waals surface area contributed by atoms with Gasteiger partial charge in [0, 0.05) is 51.7 Å². The van der Waals surface area contributed by atoms with Crippen LogP contribution in [0.15, 0.2) is 47.7 Å². The van der Waals surface area contributed by atoms with Crippen LogP contribution < -0.4 is 5.32 Å². The molecule has 0 aliphatic heterocycles. The lowest BCUT2D eigenvalue weighted by Crippen LogP contribution is -2.38. The number of nitrogens with one attached hydrogen (secondary N) is 1. The predicted octanol–water partition coefficient (Wildman–Crippen LogP) is 4.07. The second-order valence-corrected chi connectivity index (χ2v) is 8.58. The zero-order chi connectivity index (χ0) is 23.1. The molecule has 7 nitrogen and oxygen atoms in total. The lowest BCUT2D eigenvalue weighted by molar-refractivity contribution is 0.473. The van der Waals surface area contributed by atoms with Crippen molar-refractivity contribution < 1.29 is 0 Å². The molecule has 0 bridgehead atoms. The highest BCUT2D eigenvalue weighted by Gasteiger charge is 2.15. The number of aliphatic imine (C=N–C) groups is 1. The van der Waals surface area contributed by atoms with Gasteiger partial charge < -0.3 is 10.2 Å². The van der Waals surface area contributed by atoms with E-state index in [1.807, 2.05) is 34.6 Å². The van der Waals surface area contributed by atoms with Gasteiger partial charge >= 0.3 is 0 Å². The Morgan fingerprint density at radius 2 is 1.88 bits per heavy atom. The molecule has 0 saturated carbocycles. The van der Waals surface area contributed by atoms with Crippen molar-refractivity contribution in [3.8, 4) is 5.69 Å². The molecule has 0 radical (unpaired) electrons. The van der Waals surface area contributed by atoms with Crippen LogP contribution in [0.1, 0.15) is 55.6 Å². The zero-order valence-corrected chi connectivity index (χ0v) is 20.3. The number of hydrogen-bond donors (Lipinski definition) is 1. The largest absolute Gasteiger partial charge is 0.357 e. The summed E-state index contributed by atoms with van der Waals surface area (Å²) in [5.41, 5.74) is 5.85. The van der Waals surface area contributed by atoms with E-state index < -0.39 is 0 Å². The summed E-state index contributed by atoms with van der Waals surface area (Å²) in [6.07, 6.45) is 6.20. The lowest BCUT2D eigenvalue weighted by atomic mass is 10.1. The molecule has 0 fully saturated rings. The van der Waals surface area contributed by atoms with Crippen LogP contribution in [0.4, 0.5) is 0 Å². The molecule has 0 unspecified atom stereocenters. The number of benzene rings is 1. The number of hydrogen-bond acceptors (Lipinski definition) is 3. The van der Waals surface area contributed by atoms with Gasteiger partial charge in [-0.2, -0.15) is 10.2 Å². The average molecular weight is 436 g/mol. The molecule has 2 heterocycles. The molecule has 0 saturated heterocycles. The van der Waals surface area contributed by atoms with Crippen LogP contribution in [-0.4, -0.2) is 50.6 Å². The topological polar surface area (TPSA) is 63.3 Å². The second-order valence-electron chi connectivity index (χ2n) is 8.58. The van der Waals surface area contributed by atoms with E-state index in [1.165, 1.54) is 11.1 Å². The van der Waals surface area contributed by atoms with Gasteiger partial charge in [-0.15, -0.1) is 0 Å². The van der Waals surface area contributed by atoms with E-state index in [0.29, 0.717) is 5.92 Å². The second kappa shape index (κ2) is 11.0. The quantitative estimate of drug-likeness (QED) is 0.313. The standard InChI is InChI=1S/C25H37N7/c1-7-26-25(30(5)16-22-17-31(6)29-24(22)19(2)3)27-15-11-12-21-18-32(28-20(21)4)23-13-9-8-10-14-23/h8-10,13-14,17-19H,7,11-12,15-16H2,1-6H3,(H,26,27). The van der Waals surface area contributed by atoms with Crippen LogP contribution in [0.3, 0.4) is 0 Å². The summed E-state index contributed by atoms with van der Waals surface area (Å²) in [5, 5.41) is 12.7. The van der Waals surface area contributed by atoms with Crippen molar-refractivity contribution in [3.05, 3.63) is 65.2 Å². The summed E-state index contributed by atoms with van der Waals surface area (Å²) >= 11 is 0. The van der Waals surface area contributed by atoms with E-state index >= 15 is 0 Å². The molecular formula is C25H37N7. The SMILES string of the molecule is CCNC(=NCCCc1cn(-c2ccccc2)nc1C)N(C)Cc1cn(C)nc1C(C)C. The number of aryl methyl sites for hydroxylation is 3. The molecule has 0 amide bonds. The molecule has 3 rings (SSSR count). The first-order valence-corrected chi connectivity index (χ1v) is 11.5. The summed E-state index contributed by atoms with van der Waals surface area (Å²) in [7, 11) is 4.07. The van der Waals surface area contributed by atoms with Crippen molar-refractivity contribution in [1.82, 2.24) is 29.8 Å². The molecule has 0 atom stereocenters. The first-order valence-electron chi connectivity index (χ1n) is 11.5. The van der Waals surface area contributed by atoms with Crippen LogP contribution in [0.5, 0.6) is 0 Å². The maximum absolute atomic E-state index is 4.88. The van der Waals surface area contributed by atoms with E-state index in [0.717, 1.165) is 55.5 Å². The maximum Gasteiger partial charge on any atom is 0.193 e. The fourth-order valence-corrected chi connectivity index (χ4v) is 3.87. The number of guanidine groups is 1. The smallest absolute Gasteiger partial charge is 0.193 e. The van der Waals surface area contributed by atoms with Gasteiger partial charge in [-0.3, -0.25) is 9.67 Å². The van der Waals surface area contributed by atoms with Crippen LogP contribution >= 0.6 is 0 Å². The normalized spacial score (nSPS) is 11.9. The number of nitrogens with zero attached hydrogens (tertiary/aromatic N) is 6. The Labute approximate surface area is 192 Å². The minimum absolute atomic E-state index is 0.402. The molecular weight excluding hydrogens is 398 g/mol. The maximum atomic E-state index is 4.88. The average Bonchev–Trinajstić information content (AvgIpc) is 3.33. The molecule has 7 heteroatoms. The minimum Gasteiger partial charge on any atom is -0.357 e. The van der Waals surface area contributed by atoms with Crippen LogP contribution in [-0.2, 0) is 20.0 Å². The highest BCUT2D eigenvalue weighted by molar-refractivity contribution is 5.79. The van der Waals surface area contributed by atoms with E-state index in [1.54, 1.807) is 0 Å². The van der Waals surface area contributed by atoms with Crippen LogP contribution in [0, 0.1) is 6.92 Å². The molecule has 0 aliphatic rings. The van der Waals surface area contributed by atoms with E-state index in [4.69, 9.17) is 4.99 Å². The number of aromatic nitrogens is 4. The van der Waals surface area contributed by atoms with Gasteiger partial charge in [-0.25, -0.2) is 4.68 Å². The predicted molar refractivity (Wildman–Crippen MR) is 131 cm³/mol. The third-order valence-corrected chi connectivity index (χ3v) is 5.48. The summed E-state index contributed by atoms with van der Waals surface area (Å²) in [6, 6.07) is 10.2. The fourth-order valence-electron chi connectivity index (χ4n) is 3.87. The number of para-hydroxylation sites is 1. The van der Waals surface area contributed by atoms with Gasteiger partial charge in [-0.05, 0) is 50.3 Å². The molecule has 2 aromatic heterocycles. The summed E-state index contributed by atoms with van der Waals surface area (Å²) in [6.45, 7) is 11.0. The highest BCUT2D eigenvalue weighted by atomic mass is 15.3. The van der Waals surface area contributed by atoms with Gasteiger partial charge in [0.15, 0.2) is 5.96 Å². The molecule has 172 valence electrons. The van der Waals surface area contributed by atoms with E-state index in [9.17, 15) is 0 Å². The van der Waals surface area contributed by atoms with Crippen molar-refractivity contribution in [1.29, 1.82) is 0 Å². The van der Waals surface area contributed by atoms with Gasteiger partial charge in [0.05, 0.1) is 17.1 Å². The molecule has 1 N–H and O–H groups in total. The Hall–Kier alpha value is -3.09. The zero-order valence-electron chi connectivity index (χ0n) is 20.3. The lowest BCUT2D eigenvalue weighted by Gasteiger charge is -2.22. The highest BCUT2D eigenvalue weighted by Crippen LogP contribution is 2.19. The molecule has 1 aromatic carbocycles. The van der Waals surface area contributed by atoms with Crippen molar-refractivity contribution >= 4 is 5.96 Å². The van der Waals surface area contributed by atoms with E-state index in [2.05, 4.69) is 79.7 Å². The number of rotatable bonds is 9. The summed E-state index contributed by atoms with van der Waals surface area (Å²) < 4.78 is 3.87. The van der Waals surface area contributed by atoms with E-state index in [-0.39, 0.29) is 0 Å². The monoisotopic (exact) mass is 435 g/mol.